The number of aromatic nitrogens is 3. The monoisotopic (exact) mass is 593 g/mol. The summed E-state index contributed by atoms with van der Waals surface area (Å²) in [5.41, 5.74) is 3.13. The number of thiazole rings is 1. The molecule has 1 atom stereocenters. The van der Waals surface area contributed by atoms with Gasteiger partial charge in [0.15, 0.2) is 0 Å². The molecule has 0 aliphatic rings. The Balaban J connectivity index is 1.23. The van der Waals surface area contributed by atoms with Crippen LogP contribution in [0, 0.1) is 0 Å². The van der Waals surface area contributed by atoms with Crippen LogP contribution in [-0.4, -0.2) is 39.7 Å². The van der Waals surface area contributed by atoms with Crippen LogP contribution >= 0.6 is 11.3 Å². The van der Waals surface area contributed by atoms with Crippen molar-refractivity contribution in [2.75, 3.05) is 6.54 Å². The zero-order valence-electron chi connectivity index (χ0n) is 22.1. The zero-order valence-corrected chi connectivity index (χ0v) is 23.0. The van der Waals surface area contributed by atoms with Crippen LogP contribution in [0.25, 0.3) is 22.0 Å². The number of nitrogens with zero attached hydrogens (tertiary/aromatic N) is 2. The number of hydrogen-bond donors (Lipinski definition) is 3. The Kier molecular flexibility index (Phi) is 8.82. The van der Waals surface area contributed by atoms with Crippen LogP contribution in [0.2, 0.25) is 0 Å². The van der Waals surface area contributed by atoms with E-state index in [0.29, 0.717) is 30.0 Å². The van der Waals surface area contributed by atoms with Crippen molar-refractivity contribution >= 4 is 33.9 Å². The first-order valence-electron chi connectivity index (χ1n) is 13.1. The van der Waals surface area contributed by atoms with E-state index in [-0.39, 0.29) is 18.0 Å². The van der Waals surface area contributed by atoms with E-state index in [1.165, 1.54) is 35.7 Å². The number of unbranched alkanes of at least 4 members (excludes halogenated alkanes) is 1. The summed E-state index contributed by atoms with van der Waals surface area (Å²) in [5, 5.41) is 7.87. The number of amides is 2. The minimum absolute atomic E-state index is 0.207. The summed E-state index contributed by atoms with van der Waals surface area (Å²) in [5.74, 6) is -0.927. The van der Waals surface area contributed by atoms with Gasteiger partial charge >= 0.3 is 6.36 Å². The van der Waals surface area contributed by atoms with Crippen LogP contribution in [0.15, 0.2) is 84.6 Å². The number of rotatable bonds is 11. The Labute approximate surface area is 243 Å². The number of benzene rings is 3. The standard InChI is InChI=1S/C30H26F3N5O3S/c31-30(32,33)41-25-11-4-3-9-22(25)28(39)35-14-6-5-10-23(38-29(40)26-17-34-18-42-26)27-36-16-24(37-27)21-13-12-19-7-1-2-8-20(19)15-21/h1-4,7-9,11-13,15-18,23H,5-6,10,14H2,(H,35,39)(H,36,37)(H,38,40). The normalized spacial score (nSPS) is 12.2. The number of carbonyl (C=O) groups is 2. The molecule has 1 unspecified atom stereocenters. The summed E-state index contributed by atoms with van der Waals surface area (Å²) in [6.07, 6.45) is -0.0880. The molecule has 0 aliphatic heterocycles. The van der Waals surface area contributed by atoms with Gasteiger partial charge in [0, 0.05) is 12.1 Å². The molecule has 2 heterocycles. The van der Waals surface area contributed by atoms with Gasteiger partial charge in [-0.05, 0) is 48.2 Å². The first-order valence-corrected chi connectivity index (χ1v) is 14.0. The SMILES string of the molecule is O=C(NC(CCCCNC(=O)c1ccccc1OC(F)(F)F)c1ncc(-c2ccc3ccccc3c2)[nH]1)c1cncs1. The van der Waals surface area contributed by atoms with E-state index >= 15 is 0 Å². The second kappa shape index (κ2) is 12.9. The lowest BCUT2D eigenvalue weighted by Gasteiger charge is -2.17. The first kappa shape index (κ1) is 28.8. The predicted octanol–water partition coefficient (Wildman–Crippen LogP) is 6.66. The van der Waals surface area contributed by atoms with Crippen molar-refractivity contribution in [3.8, 4) is 17.0 Å². The lowest BCUT2D eigenvalue weighted by molar-refractivity contribution is -0.274. The third-order valence-corrected chi connectivity index (χ3v) is 7.28. The van der Waals surface area contributed by atoms with Crippen molar-refractivity contribution in [3.05, 3.63) is 101 Å². The van der Waals surface area contributed by atoms with Gasteiger partial charge in [0.1, 0.15) is 16.5 Å². The minimum Gasteiger partial charge on any atom is -0.405 e. The maximum atomic E-state index is 12.8. The van der Waals surface area contributed by atoms with E-state index in [1.54, 1.807) is 11.7 Å². The predicted molar refractivity (Wildman–Crippen MR) is 153 cm³/mol. The van der Waals surface area contributed by atoms with E-state index in [4.69, 9.17) is 0 Å². The van der Waals surface area contributed by atoms with Gasteiger partial charge < -0.3 is 20.4 Å². The number of aromatic amines is 1. The van der Waals surface area contributed by atoms with Gasteiger partial charge in [0.25, 0.3) is 11.8 Å². The number of ether oxygens (including phenoxy) is 1. The van der Waals surface area contributed by atoms with Crippen LogP contribution < -0.4 is 15.4 Å². The van der Waals surface area contributed by atoms with Gasteiger partial charge in [-0.2, -0.15) is 0 Å². The Hall–Kier alpha value is -4.71. The number of halogens is 3. The fraction of sp³-hybridized carbons (Fsp3) is 0.200. The minimum atomic E-state index is -4.91. The number of carbonyl (C=O) groups excluding carboxylic acids is 2. The first-order chi connectivity index (χ1) is 20.3. The number of H-pyrrole nitrogens is 1. The highest BCUT2D eigenvalue weighted by atomic mass is 32.1. The molecule has 5 rings (SSSR count). The molecule has 3 N–H and O–H groups in total. The lowest BCUT2D eigenvalue weighted by Crippen LogP contribution is -2.29. The third kappa shape index (κ3) is 7.32. The lowest BCUT2D eigenvalue weighted by atomic mass is 10.1. The van der Waals surface area contributed by atoms with Crippen LogP contribution in [0.5, 0.6) is 5.75 Å². The molecule has 0 saturated carbocycles. The highest BCUT2D eigenvalue weighted by molar-refractivity contribution is 7.11. The van der Waals surface area contributed by atoms with Crippen molar-refractivity contribution in [2.24, 2.45) is 0 Å². The molecule has 42 heavy (non-hydrogen) atoms. The smallest absolute Gasteiger partial charge is 0.405 e. The molecule has 8 nitrogen and oxygen atoms in total. The van der Waals surface area contributed by atoms with Gasteiger partial charge in [0.2, 0.25) is 0 Å². The van der Waals surface area contributed by atoms with Crippen molar-refractivity contribution in [1.29, 1.82) is 0 Å². The Morgan fingerprint density at radius 2 is 1.74 bits per heavy atom. The van der Waals surface area contributed by atoms with Crippen LogP contribution in [0.4, 0.5) is 13.2 Å². The average Bonchev–Trinajstić information content (AvgIpc) is 3.69. The summed E-state index contributed by atoms with van der Waals surface area (Å²) in [6, 6.07) is 18.9. The Morgan fingerprint density at radius 3 is 2.52 bits per heavy atom. The van der Waals surface area contributed by atoms with E-state index in [2.05, 4.69) is 36.4 Å². The summed E-state index contributed by atoms with van der Waals surface area (Å²) >= 11 is 1.23. The molecule has 2 amide bonds. The number of fused-ring (bicyclic) bond motifs is 1. The molecule has 0 bridgehead atoms. The number of imidazole rings is 1. The van der Waals surface area contributed by atoms with Gasteiger partial charge in [-0.15, -0.1) is 24.5 Å². The molecular weight excluding hydrogens is 567 g/mol. The van der Waals surface area contributed by atoms with Gasteiger partial charge in [-0.3, -0.25) is 14.6 Å². The van der Waals surface area contributed by atoms with Gasteiger partial charge in [0.05, 0.1) is 35.2 Å². The molecular formula is C30H26F3N5O3S. The second-order valence-electron chi connectivity index (χ2n) is 9.43. The molecule has 12 heteroatoms. The molecule has 216 valence electrons. The number of alkyl halides is 3. The van der Waals surface area contributed by atoms with Crippen molar-refractivity contribution in [1.82, 2.24) is 25.6 Å². The quantitative estimate of drug-likeness (QED) is 0.149. The van der Waals surface area contributed by atoms with Crippen LogP contribution in [0.3, 0.4) is 0 Å². The number of nitrogens with one attached hydrogen (secondary N) is 3. The zero-order chi connectivity index (χ0) is 29.5. The molecule has 0 saturated heterocycles. The third-order valence-electron chi connectivity index (χ3n) is 6.51. The molecule has 5 aromatic rings. The van der Waals surface area contributed by atoms with Crippen LogP contribution in [0.1, 0.15) is 51.2 Å². The van der Waals surface area contributed by atoms with E-state index in [1.807, 2.05) is 36.4 Å². The molecule has 2 aromatic heterocycles. The Morgan fingerprint density at radius 1 is 0.952 bits per heavy atom. The summed E-state index contributed by atoms with van der Waals surface area (Å²) in [7, 11) is 0. The fourth-order valence-corrected chi connectivity index (χ4v) is 5.01. The average molecular weight is 594 g/mol. The largest absolute Gasteiger partial charge is 0.573 e. The molecule has 3 aromatic carbocycles. The summed E-state index contributed by atoms with van der Waals surface area (Å²) < 4.78 is 42.1. The molecule has 0 spiro atoms. The number of para-hydroxylation sites is 1. The topological polar surface area (TPSA) is 109 Å². The maximum Gasteiger partial charge on any atom is 0.573 e. The molecule has 0 fully saturated rings. The summed E-state index contributed by atoms with van der Waals surface area (Å²) in [4.78, 5) is 37.7. The fourth-order valence-electron chi connectivity index (χ4n) is 4.49. The number of hydrogen-bond acceptors (Lipinski definition) is 6. The maximum absolute atomic E-state index is 12.8. The van der Waals surface area contributed by atoms with Crippen molar-refractivity contribution < 1.29 is 27.5 Å². The Bertz CT molecular complexity index is 1670. The second-order valence-corrected chi connectivity index (χ2v) is 10.3. The van der Waals surface area contributed by atoms with Gasteiger partial charge in [-0.1, -0.05) is 48.5 Å². The van der Waals surface area contributed by atoms with Gasteiger partial charge in [-0.25, -0.2) is 4.98 Å². The van der Waals surface area contributed by atoms with E-state index in [0.717, 1.165) is 28.1 Å². The molecule has 0 radical (unpaired) electrons. The van der Waals surface area contributed by atoms with Crippen molar-refractivity contribution in [3.63, 3.8) is 0 Å². The van der Waals surface area contributed by atoms with Crippen molar-refractivity contribution in [2.45, 2.75) is 31.7 Å². The molecule has 0 aliphatic carbocycles. The highest BCUT2D eigenvalue weighted by Crippen LogP contribution is 2.27. The summed E-state index contributed by atoms with van der Waals surface area (Å²) in [6.45, 7) is 0.217. The highest BCUT2D eigenvalue weighted by Gasteiger charge is 2.32. The van der Waals surface area contributed by atoms with Crippen LogP contribution in [-0.2, 0) is 0 Å². The van der Waals surface area contributed by atoms with E-state index in [9.17, 15) is 22.8 Å². The van der Waals surface area contributed by atoms with E-state index < -0.39 is 24.1 Å².